The summed E-state index contributed by atoms with van der Waals surface area (Å²) in [6, 6.07) is 9.10. The smallest absolute Gasteiger partial charge is 0.270 e. The second-order valence-electron chi connectivity index (χ2n) is 5.24. The van der Waals surface area contributed by atoms with Crippen LogP contribution in [-0.4, -0.2) is 28.9 Å². The summed E-state index contributed by atoms with van der Waals surface area (Å²) in [5.74, 6) is -1.23. The van der Waals surface area contributed by atoms with Gasteiger partial charge in [-0.2, -0.15) is 4.39 Å². The number of ether oxygens (including phenoxy) is 1. The van der Waals surface area contributed by atoms with Crippen molar-refractivity contribution in [1.29, 1.82) is 0 Å². The number of benzene rings is 1. The zero-order valence-corrected chi connectivity index (χ0v) is 14.8. The predicted octanol–water partition coefficient (Wildman–Crippen LogP) is 2.78. The molecule has 8 nitrogen and oxygen atoms in total. The van der Waals surface area contributed by atoms with Crippen molar-refractivity contribution in [2.24, 2.45) is 5.73 Å². The third kappa shape index (κ3) is 4.36. The largest absolute Gasteiger partial charge is 0.497 e. The molecule has 4 N–H and O–H groups in total. The van der Waals surface area contributed by atoms with Gasteiger partial charge in [-0.25, -0.2) is 9.97 Å². The second kappa shape index (κ2) is 7.79. The average Bonchev–Trinajstić information content (AvgIpc) is 3.06. The zero-order chi connectivity index (χ0) is 19.4. The van der Waals surface area contributed by atoms with Crippen LogP contribution in [0.3, 0.4) is 0 Å². The van der Waals surface area contributed by atoms with Crippen molar-refractivity contribution >= 4 is 39.0 Å². The number of carbonyl (C=O) groups excluding carboxylic acids is 2. The van der Waals surface area contributed by atoms with E-state index in [-0.39, 0.29) is 10.7 Å². The molecule has 0 spiro atoms. The van der Waals surface area contributed by atoms with Gasteiger partial charge in [-0.3, -0.25) is 9.59 Å². The van der Waals surface area contributed by atoms with Crippen molar-refractivity contribution in [1.82, 2.24) is 9.97 Å². The van der Waals surface area contributed by atoms with E-state index in [2.05, 4.69) is 20.6 Å². The number of primary amides is 1. The molecule has 27 heavy (non-hydrogen) atoms. The molecule has 0 atom stereocenters. The lowest BCUT2D eigenvalue weighted by Crippen LogP contribution is -2.17. The zero-order valence-electron chi connectivity index (χ0n) is 14.0. The number of aromatic nitrogens is 2. The summed E-state index contributed by atoms with van der Waals surface area (Å²) in [4.78, 5) is 31.6. The predicted molar refractivity (Wildman–Crippen MR) is 99.1 cm³/mol. The molecular weight excluding hydrogens is 373 g/mol. The Bertz CT molecular complexity index is 973. The summed E-state index contributed by atoms with van der Waals surface area (Å²) in [6.07, 6.45) is 1.27. The third-order valence-corrected chi connectivity index (χ3v) is 4.30. The minimum absolute atomic E-state index is 0.0839. The number of thiazole rings is 1. The Kier molecular flexibility index (Phi) is 5.27. The molecule has 0 aliphatic heterocycles. The number of pyridine rings is 1. The Morgan fingerprint density at radius 3 is 2.52 bits per heavy atom. The molecule has 3 rings (SSSR count). The van der Waals surface area contributed by atoms with E-state index < -0.39 is 17.8 Å². The van der Waals surface area contributed by atoms with Gasteiger partial charge in [0.1, 0.15) is 10.8 Å². The number of carbonyl (C=O) groups is 2. The number of amides is 2. The van der Waals surface area contributed by atoms with Crippen molar-refractivity contribution in [3.63, 3.8) is 0 Å². The summed E-state index contributed by atoms with van der Waals surface area (Å²) >= 11 is 1.02. The highest BCUT2D eigenvalue weighted by molar-refractivity contribution is 7.20. The maximum atomic E-state index is 12.9. The first-order chi connectivity index (χ1) is 13.0. The van der Waals surface area contributed by atoms with Gasteiger partial charge in [-0.05, 0) is 36.4 Å². The highest BCUT2D eigenvalue weighted by Gasteiger charge is 2.19. The second-order valence-corrected chi connectivity index (χ2v) is 6.24. The standard InChI is InChI=1S/C17H14FN5O3S/c1-26-11-5-2-9(3-6-11)15(25)23-16-13(14(19)24)22-17(27-16)21-10-4-7-12(18)20-8-10/h2-8H,1H3,(H2,19,24)(H,21,22)(H,23,25). The lowest BCUT2D eigenvalue weighted by atomic mass is 10.2. The van der Waals surface area contributed by atoms with Crippen molar-refractivity contribution in [3.05, 3.63) is 59.8 Å². The number of nitrogens with two attached hydrogens (primary N) is 1. The highest BCUT2D eigenvalue weighted by Crippen LogP contribution is 2.30. The van der Waals surface area contributed by atoms with E-state index in [0.29, 0.717) is 22.1 Å². The summed E-state index contributed by atoms with van der Waals surface area (Å²) in [5.41, 5.74) is 6.10. The Morgan fingerprint density at radius 2 is 1.93 bits per heavy atom. The number of hydrogen-bond donors (Lipinski definition) is 3. The van der Waals surface area contributed by atoms with E-state index in [0.717, 1.165) is 11.3 Å². The molecule has 0 unspecified atom stereocenters. The van der Waals surface area contributed by atoms with Crippen LogP contribution in [0.25, 0.3) is 0 Å². The number of nitrogens with one attached hydrogen (secondary N) is 2. The molecule has 10 heteroatoms. The quantitative estimate of drug-likeness (QED) is 0.560. The van der Waals surface area contributed by atoms with Crippen molar-refractivity contribution in [3.8, 4) is 5.75 Å². The fourth-order valence-corrected chi connectivity index (χ4v) is 3.00. The van der Waals surface area contributed by atoms with Gasteiger partial charge in [0.05, 0.1) is 19.0 Å². The van der Waals surface area contributed by atoms with Crippen LogP contribution in [0.1, 0.15) is 20.8 Å². The third-order valence-electron chi connectivity index (χ3n) is 3.42. The van der Waals surface area contributed by atoms with Gasteiger partial charge < -0.3 is 21.1 Å². The lowest BCUT2D eigenvalue weighted by molar-refractivity contribution is 0.0997. The molecule has 138 valence electrons. The first-order valence-electron chi connectivity index (χ1n) is 7.61. The number of anilines is 3. The van der Waals surface area contributed by atoms with Crippen molar-refractivity contribution < 1.29 is 18.7 Å². The summed E-state index contributed by atoms with van der Waals surface area (Å²) < 4.78 is 17.9. The lowest BCUT2D eigenvalue weighted by Gasteiger charge is -2.05. The van der Waals surface area contributed by atoms with Gasteiger partial charge in [0.25, 0.3) is 11.8 Å². The van der Waals surface area contributed by atoms with Gasteiger partial charge in [-0.1, -0.05) is 11.3 Å². The van der Waals surface area contributed by atoms with Gasteiger partial charge in [0.15, 0.2) is 10.8 Å². The van der Waals surface area contributed by atoms with Crippen LogP contribution in [0.5, 0.6) is 5.75 Å². The number of halogens is 1. The Balaban J connectivity index is 1.81. The van der Waals surface area contributed by atoms with E-state index in [1.807, 2.05) is 0 Å². The van der Waals surface area contributed by atoms with E-state index in [4.69, 9.17) is 10.5 Å². The monoisotopic (exact) mass is 387 g/mol. The summed E-state index contributed by atoms with van der Waals surface area (Å²) in [7, 11) is 1.52. The van der Waals surface area contributed by atoms with Gasteiger partial charge >= 0.3 is 0 Å². The molecule has 0 aliphatic carbocycles. The molecule has 0 radical (unpaired) electrons. The van der Waals surface area contributed by atoms with Crippen LogP contribution < -0.4 is 21.1 Å². The number of hydrogen-bond acceptors (Lipinski definition) is 7. The minimum atomic E-state index is -0.790. The summed E-state index contributed by atoms with van der Waals surface area (Å²) in [6.45, 7) is 0. The number of nitrogens with zero attached hydrogens (tertiary/aromatic N) is 2. The molecular formula is C17H14FN5O3S. The number of rotatable bonds is 6. The van der Waals surface area contributed by atoms with Crippen LogP contribution in [-0.2, 0) is 0 Å². The molecule has 0 bridgehead atoms. The normalized spacial score (nSPS) is 10.3. The van der Waals surface area contributed by atoms with E-state index in [1.54, 1.807) is 24.3 Å². The van der Waals surface area contributed by atoms with E-state index >= 15 is 0 Å². The summed E-state index contributed by atoms with van der Waals surface area (Å²) in [5, 5.41) is 5.99. The van der Waals surface area contributed by atoms with E-state index in [9.17, 15) is 14.0 Å². The Labute approximate surface area is 157 Å². The first kappa shape index (κ1) is 18.3. The molecule has 1 aromatic carbocycles. The fourth-order valence-electron chi connectivity index (χ4n) is 2.12. The Morgan fingerprint density at radius 1 is 1.19 bits per heavy atom. The number of methoxy groups -OCH3 is 1. The molecule has 0 saturated carbocycles. The van der Waals surface area contributed by atoms with Crippen LogP contribution >= 0.6 is 11.3 Å². The molecule has 2 amide bonds. The molecule has 2 heterocycles. The Hall–Kier alpha value is -3.53. The molecule has 2 aromatic heterocycles. The van der Waals surface area contributed by atoms with E-state index in [1.165, 1.54) is 25.4 Å². The van der Waals surface area contributed by atoms with Crippen LogP contribution in [0.2, 0.25) is 0 Å². The minimum Gasteiger partial charge on any atom is -0.497 e. The fraction of sp³-hybridized carbons (Fsp3) is 0.0588. The van der Waals surface area contributed by atoms with Gasteiger partial charge in [0, 0.05) is 5.56 Å². The van der Waals surface area contributed by atoms with Crippen molar-refractivity contribution in [2.75, 3.05) is 17.7 Å². The highest BCUT2D eigenvalue weighted by atomic mass is 32.1. The SMILES string of the molecule is COc1ccc(C(=O)Nc2sc(Nc3ccc(F)nc3)nc2C(N)=O)cc1. The van der Waals surface area contributed by atoms with Crippen LogP contribution in [0.4, 0.5) is 20.2 Å². The maximum absolute atomic E-state index is 12.9. The van der Waals surface area contributed by atoms with Crippen LogP contribution in [0.15, 0.2) is 42.6 Å². The average molecular weight is 387 g/mol. The van der Waals surface area contributed by atoms with Crippen molar-refractivity contribution in [2.45, 2.75) is 0 Å². The van der Waals surface area contributed by atoms with Gasteiger partial charge in [-0.15, -0.1) is 0 Å². The molecule has 3 aromatic rings. The van der Waals surface area contributed by atoms with Crippen LogP contribution in [0, 0.1) is 5.95 Å². The van der Waals surface area contributed by atoms with Gasteiger partial charge in [0.2, 0.25) is 5.95 Å². The maximum Gasteiger partial charge on any atom is 0.270 e. The molecule has 0 aliphatic rings. The molecule has 0 fully saturated rings. The topological polar surface area (TPSA) is 119 Å². The first-order valence-corrected chi connectivity index (χ1v) is 8.42. The molecule has 0 saturated heterocycles.